The van der Waals surface area contributed by atoms with Gasteiger partial charge in [-0.05, 0) is 0 Å². The summed E-state index contributed by atoms with van der Waals surface area (Å²) in [4.78, 5) is 19.2. The summed E-state index contributed by atoms with van der Waals surface area (Å²) in [6.07, 6.45) is 0. The molecule has 60 valence electrons. The van der Waals surface area contributed by atoms with E-state index in [1.54, 1.807) is 0 Å². The molecule has 0 heterocycles. The van der Waals surface area contributed by atoms with Crippen LogP contribution in [-0.4, -0.2) is 25.0 Å². The summed E-state index contributed by atoms with van der Waals surface area (Å²) >= 11 is 0. The molecule has 0 atom stereocenters. The van der Waals surface area contributed by atoms with Gasteiger partial charge in [0.1, 0.15) is 0 Å². The second kappa shape index (κ2) is 6.51. The summed E-state index contributed by atoms with van der Waals surface area (Å²) in [6.45, 7) is -0.929. The fourth-order valence-corrected chi connectivity index (χ4v) is 0.267. The fourth-order valence-electron chi connectivity index (χ4n) is 0.267. The third-order valence-corrected chi connectivity index (χ3v) is 0.539. The molecular weight excluding hydrogens is 185 g/mol. The van der Waals surface area contributed by atoms with Gasteiger partial charge in [-0.3, -0.25) is 0 Å². The summed E-state index contributed by atoms with van der Waals surface area (Å²) in [5, 5.41) is 21.2. The van der Waals surface area contributed by atoms with Crippen molar-refractivity contribution in [3.05, 3.63) is 0 Å². The first kappa shape index (κ1) is 12.1. The Morgan fingerprint density at radius 2 is 1.40 bits per heavy atom. The average Bonchev–Trinajstić information content (AvgIpc) is 1.63. The second-order valence-corrected chi connectivity index (χ2v) is 1.35. The first-order valence-electron chi connectivity index (χ1n) is 2.23. The van der Waals surface area contributed by atoms with Crippen LogP contribution in [0.25, 0.3) is 0 Å². The van der Waals surface area contributed by atoms with Crippen LogP contribution in [0.3, 0.4) is 0 Å². The zero-order valence-electron chi connectivity index (χ0n) is 4.86. The Morgan fingerprint density at radius 1 is 1.10 bits per heavy atom. The van der Waals surface area contributed by atoms with E-state index in [-0.39, 0.29) is 16.5 Å². The van der Waals surface area contributed by atoms with Gasteiger partial charge in [-0.2, -0.15) is 0 Å². The molecule has 0 saturated carbocycles. The zero-order chi connectivity index (χ0) is 7.28. The molecule has 5 nitrogen and oxygen atoms in total. The molecule has 0 saturated heterocycles. The molecule has 0 aliphatic heterocycles. The maximum atomic E-state index is 9.59. The first-order chi connectivity index (χ1) is 4.13. The van der Waals surface area contributed by atoms with E-state index in [9.17, 15) is 19.8 Å². The third-order valence-electron chi connectivity index (χ3n) is 0.539. The van der Waals surface area contributed by atoms with E-state index in [1.807, 2.05) is 0 Å². The van der Waals surface area contributed by atoms with Crippen LogP contribution in [0, 0.1) is 0 Å². The van der Waals surface area contributed by atoms with E-state index in [0.29, 0.717) is 0 Å². The van der Waals surface area contributed by atoms with Crippen molar-refractivity contribution in [2.75, 3.05) is 13.1 Å². The van der Waals surface area contributed by atoms with Crippen LogP contribution in [0.1, 0.15) is 0 Å². The van der Waals surface area contributed by atoms with Crippen molar-refractivity contribution in [3.8, 4) is 0 Å². The van der Waals surface area contributed by atoms with Gasteiger partial charge in [0.25, 0.3) is 0 Å². The van der Waals surface area contributed by atoms with Gasteiger partial charge >= 0.3 is 16.5 Å². The smallest absolute Gasteiger partial charge is 0.549 e. The molecule has 0 bridgehead atoms. The average molecular weight is 190 g/mol. The number of hydrogen-bond acceptors (Lipinski definition) is 5. The fraction of sp³-hybridized carbons (Fsp3) is 0.500. The molecule has 0 aliphatic carbocycles. The Labute approximate surface area is 67.3 Å². The molecule has 0 rings (SSSR count). The van der Waals surface area contributed by atoms with Crippen molar-refractivity contribution in [1.29, 1.82) is 0 Å². The number of hydrogen-bond donors (Lipinski definition) is 1. The van der Waals surface area contributed by atoms with E-state index in [1.165, 1.54) is 0 Å². The second-order valence-electron chi connectivity index (χ2n) is 1.35. The van der Waals surface area contributed by atoms with Gasteiger partial charge in [0.05, 0.1) is 11.9 Å². The van der Waals surface area contributed by atoms with Crippen molar-refractivity contribution in [2.24, 2.45) is 0 Å². The number of carbonyl (C=O) groups excluding carboxylic acids is 2. The van der Waals surface area contributed by atoms with Crippen LogP contribution in [0.4, 0.5) is 0 Å². The Morgan fingerprint density at radius 3 is 1.60 bits per heavy atom. The standard InChI is InChI=1S/C4H7NO4.Ni/c6-3(7)1-5-2-4(8)9;/h5H,1-2H2,(H,6,7)(H,8,9);/q;+2/p-2. The van der Waals surface area contributed by atoms with Crippen LogP contribution >= 0.6 is 0 Å². The Kier molecular flexibility index (Phi) is 7.88. The molecule has 0 fully saturated rings. The van der Waals surface area contributed by atoms with Crippen molar-refractivity contribution < 1.29 is 36.3 Å². The molecule has 0 unspecified atom stereocenters. The Balaban J connectivity index is 0. The number of nitrogens with one attached hydrogen (secondary N) is 1. The molecule has 0 radical (unpaired) electrons. The van der Waals surface area contributed by atoms with E-state index in [4.69, 9.17) is 0 Å². The minimum Gasteiger partial charge on any atom is -0.549 e. The van der Waals surface area contributed by atoms with Crippen LogP contribution in [0.5, 0.6) is 0 Å². The summed E-state index contributed by atoms with van der Waals surface area (Å²) in [7, 11) is 0. The predicted octanol–water partition coefficient (Wildman–Crippen LogP) is -3.93. The Hall–Kier alpha value is -0.606. The summed E-state index contributed by atoms with van der Waals surface area (Å²) in [5.74, 6) is -2.67. The number of rotatable bonds is 4. The molecule has 0 aromatic carbocycles. The van der Waals surface area contributed by atoms with Gasteiger partial charge < -0.3 is 25.1 Å². The maximum Gasteiger partial charge on any atom is 2.00 e. The van der Waals surface area contributed by atoms with E-state index < -0.39 is 25.0 Å². The minimum absolute atomic E-state index is 0. The first-order valence-corrected chi connectivity index (χ1v) is 2.23. The van der Waals surface area contributed by atoms with E-state index >= 15 is 0 Å². The molecule has 0 aliphatic rings. The quantitative estimate of drug-likeness (QED) is 0.457. The largest absolute Gasteiger partial charge is 2.00 e. The normalized spacial score (nSPS) is 8.00. The monoisotopic (exact) mass is 189 g/mol. The van der Waals surface area contributed by atoms with Crippen molar-refractivity contribution >= 4 is 11.9 Å². The van der Waals surface area contributed by atoms with E-state index in [0.717, 1.165) is 0 Å². The molecule has 0 spiro atoms. The van der Waals surface area contributed by atoms with Crippen LogP contribution in [0.2, 0.25) is 0 Å². The predicted molar refractivity (Wildman–Crippen MR) is 22.9 cm³/mol. The minimum atomic E-state index is -1.34. The van der Waals surface area contributed by atoms with Crippen molar-refractivity contribution in [3.63, 3.8) is 0 Å². The van der Waals surface area contributed by atoms with Gasteiger partial charge in [-0.25, -0.2) is 0 Å². The summed E-state index contributed by atoms with van der Waals surface area (Å²) in [5.41, 5.74) is 0. The molecule has 6 heteroatoms. The van der Waals surface area contributed by atoms with Gasteiger partial charge in [-0.1, -0.05) is 0 Å². The maximum absolute atomic E-state index is 9.59. The number of carbonyl (C=O) groups is 2. The SMILES string of the molecule is O=C([O-])CNCC(=O)[O-].[Ni+2]. The number of carboxylic acids is 2. The van der Waals surface area contributed by atoms with Crippen molar-refractivity contribution in [1.82, 2.24) is 5.32 Å². The Bertz CT molecular complexity index is 112. The number of aliphatic carboxylic acids is 2. The molecule has 0 aromatic rings. The summed E-state index contributed by atoms with van der Waals surface area (Å²) < 4.78 is 0. The topological polar surface area (TPSA) is 92.3 Å². The molecular formula is C4H5NNiO4. The van der Waals surface area contributed by atoms with Crippen LogP contribution in [0.15, 0.2) is 0 Å². The van der Waals surface area contributed by atoms with Crippen LogP contribution in [-0.2, 0) is 26.1 Å². The van der Waals surface area contributed by atoms with Gasteiger partial charge in [0.2, 0.25) is 0 Å². The van der Waals surface area contributed by atoms with Gasteiger partial charge in [0.15, 0.2) is 0 Å². The molecule has 10 heavy (non-hydrogen) atoms. The molecule has 1 N–H and O–H groups in total. The number of carboxylic acid groups (broad SMARTS) is 2. The summed E-state index contributed by atoms with van der Waals surface area (Å²) in [6, 6.07) is 0. The van der Waals surface area contributed by atoms with Gasteiger partial charge in [-0.15, -0.1) is 0 Å². The van der Waals surface area contributed by atoms with Crippen molar-refractivity contribution in [2.45, 2.75) is 0 Å². The molecule has 0 aromatic heterocycles. The van der Waals surface area contributed by atoms with E-state index in [2.05, 4.69) is 5.32 Å². The third kappa shape index (κ3) is 10.4. The van der Waals surface area contributed by atoms with Crippen LogP contribution < -0.4 is 15.5 Å². The zero-order valence-corrected chi connectivity index (χ0v) is 5.85. The van der Waals surface area contributed by atoms with Gasteiger partial charge in [0, 0.05) is 13.1 Å². The molecule has 0 amide bonds.